The van der Waals surface area contributed by atoms with E-state index in [1.54, 1.807) is 0 Å². The molecule has 1 aliphatic carbocycles. The monoisotopic (exact) mass is 268 g/mol. The molecule has 1 atom stereocenters. The Kier molecular flexibility index (Phi) is 5.26. The summed E-state index contributed by atoms with van der Waals surface area (Å²) in [5.74, 6) is 1.61. The maximum absolute atomic E-state index is 6.33. The standard InChI is InChI=1S/C14H24OSSi/c1-11(2)10-13(12-6-3-4-7-12)15-17-14-8-5-9-16-14/h5,8-9,11-13H,3-4,6-7,10,17H2,1-2H3. The maximum atomic E-state index is 6.33. The van der Waals surface area contributed by atoms with Crippen LogP contribution < -0.4 is 4.50 Å². The molecule has 1 nitrogen and oxygen atoms in total. The van der Waals surface area contributed by atoms with Crippen molar-refractivity contribution in [3.8, 4) is 0 Å². The van der Waals surface area contributed by atoms with Crippen LogP contribution in [0.2, 0.25) is 0 Å². The molecule has 1 saturated carbocycles. The van der Waals surface area contributed by atoms with Gasteiger partial charge in [0.2, 0.25) is 9.76 Å². The van der Waals surface area contributed by atoms with E-state index in [2.05, 4.69) is 31.4 Å². The van der Waals surface area contributed by atoms with Crippen LogP contribution in [0.25, 0.3) is 0 Å². The van der Waals surface area contributed by atoms with E-state index in [-0.39, 0.29) is 0 Å². The van der Waals surface area contributed by atoms with Crippen LogP contribution in [0, 0.1) is 11.8 Å². The van der Waals surface area contributed by atoms with E-state index < -0.39 is 9.76 Å². The Labute approximate surface area is 112 Å². The summed E-state index contributed by atoms with van der Waals surface area (Å²) in [7, 11) is -0.475. The first-order chi connectivity index (χ1) is 8.25. The van der Waals surface area contributed by atoms with Gasteiger partial charge in [-0.05, 0) is 36.5 Å². The molecule has 0 aromatic carbocycles. The predicted octanol–water partition coefficient (Wildman–Crippen LogP) is 3.08. The van der Waals surface area contributed by atoms with Crippen LogP contribution in [-0.4, -0.2) is 15.9 Å². The van der Waals surface area contributed by atoms with Gasteiger partial charge in [0, 0.05) is 10.6 Å². The Hall–Kier alpha value is -0.123. The molecule has 0 bridgehead atoms. The molecule has 0 saturated heterocycles. The number of thiophene rings is 1. The normalized spacial score (nSPS) is 19.7. The zero-order valence-electron chi connectivity index (χ0n) is 11.0. The molecule has 1 aromatic heterocycles. The molecular formula is C14H24OSSi. The minimum absolute atomic E-state index is 0.475. The van der Waals surface area contributed by atoms with Crippen LogP contribution >= 0.6 is 11.3 Å². The highest BCUT2D eigenvalue weighted by molar-refractivity contribution is 7.19. The van der Waals surface area contributed by atoms with Crippen molar-refractivity contribution in [2.24, 2.45) is 11.8 Å². The minimum atomic E-state index is -0.475. The Bertz CT molecular complexity index is 304. The molecule has 0 N–H and O–H groups in total. The lowest BCUT2D eigenvalue weighted by Gasteiger charge is -2.25. The van der Waals surface area contributed by atoms with E-state index in [0.717, 1.165) is 11.8 Å². The Balaban J connectivity index is 1.85. The van der Waals surface area contributed by atoms with Gasteiger partial charge >= 0.3 is 0 Å². The Morgan fingerprint density at radius 2 is 2.18 bits per heavy atom. The molecule has 3 heteroatoms. The van der Waals surface area contributed by atoms with Crippen LogP contribution in [0.3, 0.4) is 0 Å². The fourth-order valence-electron chi connectivity index (χ4n) is 2.77. The van der Waals surface area contributed by atoms with Crippen molar-refractivity contribution in [3.63, 3.8) is 0 Å². The van der Waals surface area contributed by atoms with Crippen molar-refractivity contribution >= 4 is 25.6 Å². The molecular weight excluding hydrogens is 244 g/mol. The molecule has 2 rings (SSSR count). The van der Waals surface area contributed by atoms with Gasteiger partial charge in [-0.2, -0.15) is 11.3 Å². The third-order valence-corrected chi connectivity index (χ3v) is 6.35. The van der Waals surface area contributed by atoms with Crippen molar-refractivity contribution in [2.45, 2.75) is 52.1 Å². The summed E-state index contributed by atoms with van der Waals surface area (Å²) in [5, 5.41) is 2.17. The van der Waals surface area contributed by atoms with Crippen LogP contribution in [0.15, 0.2) is 17.5 Å². The lowest BCUT2D eigenvalue weighted by Crippen LogP contribution is -2.29. The first kappa shape index (κ1) is 13.3. The molecule has 1 fully saturated rings. The van der Waals surface area contributed by atoms with Crippen LogP contribution in [-0.2, 0) is 4.43 Å². The first-order valence-corrected chi connectivity index (χ1v) is 9.06. The first-order valence-electron chi connectivity index (χ1n) is 6.89. The maximum Gasteiger partial charge on any atom is 0.203 e. The van der Waals surface area contributed by atoms with Gasteiger partial charge in [0.25, 0.3) is 0 Å². The molecule has 1 aromatic rings. The summed E-state index contributed by atoms with van der Waals surface area (Å²) >= 11 is 1.86. The topological polar surface area (TPSA) is 9.23 Å². The molecule has 96 valence electrons. The number of rotatable bonds is 6. The number of hydrogen-bond donors (Lipinski definition) is 0. The second-order valence-electron chi connectivity index (χ2n) is 5.60. The quantitative estimate of drug-likeness (QED) is 0.721. The van der Waals surface area contributed by atoms with E-state index in [9.17, 15) is 0 Å². The van der Waals surface area contributed by atoms with Crippen LogP contribution in [0.1, 0.15) is 46.0 Å². The molecule has 0 aliphatic heterocycles. The molecule has 17 heavy (non-hydrogen) atoms. The van der Waals surface area contributed by atoms with E-state index in [1.165, 1.54) is 36.6 Å². The van der Waals surface area contributed by atoms with E-state index in [1.807, 2.05) is 11.3 Å². The van der Waals surface area contributed by atoms with Crippen molar-refractivity contribution in [3.05, 3.63) is 17.5 Å². The second-order valence-corrected chi connectivity index (χ2v) is 8.53. The minimum Gasteiger partial charge on any atom is -0.415 e. The van der Waals surface area contributed by atoms with Crippen LogP contribution in [0.5, 0.6) is 0 Å². The molecule has 0 radical (unpaired) electrons. The van der Waals surface area contributed by atoms with Gasteiger partial charge < -0.3 is 4.43 Å². The van der Waals surface area contributed by atoms with E-state index in [0.29, 0.717) is 6.10 Å². The largest absolute Gasteiger partial charge is 0.415 e. The molecule has 0 spiro atoms. The fourth-order valence-corrected chi connectivity index (χ4v) is 5.05. The smallest absolute Gasteiger partial charge is 0.203 e. The van der Waals surface area contributed by atoms with Crippen molar-refractivity contribution in [2.75, 3.05) is 0 Å². The van der Waals surface area contributed by atoms with Crippen molar-refractivity contribution in [1.29, 1.82) is 0 Å². The van der Waals surface area contributed by atoms with E-state index in [4.69, 9.17) is 4.43 Å². The highest BCUT2D eigenvalue weighted by atomic mass is 32.1. The van der Waals surface area contributed by atoms with Gasteiger partial charge in [-0.15, -0.1) is 0 Å². The Morgan fingerprint density at radius 1 is 1.41 bits per heavy atom. The number of hydrogen-bond acceptors (Lipinski definition) is 2. The zero-order chi connectivity index (χ0) is 12.1. The molecule has 1 unspecified atom stereocenters. The van der Waals surface area contributed by atoms with Crippen molar-refractivity contribution < 1.29 is 4.43 Å². The molecule has 0 amide bonds. The fraction of sp³-hybridized carbons (Fsp3) is 0.714. The Morgan fingerprint density at radius 3 is 2.76 bits per heavy atom. The highest BCUT2D eigenvalue weighted by Gasteiger charge is 2.26. The summed E-state index contributed by atoms with van der Waals surface area (Å²) in [6, 6.07) is 4.38. The van der Waals surface area contributed by atoms with Gasteiger partial charge in [-0.3, -0.25) is 0 Å². The molecule has 1 heterocycles. The van der Waals surface area contributed by atoms with Gasteiger partial charge in [0.1, 0.15) is 0 Å². The highest BCUT2D eigenvalue weighted by Crippen LogP contribution is 2.31. The predicted molar refractivity (Wildman–Crippen MR) is 78.8 cm³/mol. The van der Waals surface area contributed by atoms with Crippen molar-refractivity contribution in [1.82, 2.24) is 0 Å². The summed E-state index contributed by atoms with van der Waals surface area (Å²) < 4.78 is 7.83. The SMILES string of the molecule is CC(C)CC(O[SiH2]c1cccs1)C1CCCC1. The average molecular weight is 268 g/mol. The summed E-state index contributed by atoms with van der Waals surface area (Å²) in [5.41, 5.74) is 0. The third-order valence-electron chi connectivity index (χ3n) is 3.65. The van der Waals surface area contributed by atoms with Gasteiger partial charge in [-0.25, -0.2) is 0 Å². The lowest BCUT2D eigenvalue weighted by molar-refractivity contribution is 0.121. The molecule has 1 aliphatic rings. The average Bonchev–Trinajstić information content (AvgIpc) is 2.96. The lowest BCUT2D eigenvalue weighted by atomic mass is 9.93. The zero-order valence-corrected chi connectivity index (χ0v) is 13.3. The van der Waals surface area contributed by atoms with E-state index >= 15 is 0 Å². The summed E-state index contributed by atoms with van der Waals surface area (Å²) in [6.45, 7) is 4.63. The van der Waals surface area contributed by atoms with Gasteiger partial charge in [0.05, 0.1) is 0 Å². The van der Waals surface area contributed by atoms with Crippen LogP contribution in [0.4, 0.5) is 0 Å². The summed E-state index contributed by atoms with van der Waals surface area (Å²) in [6.07, 6.45) is 7.44. The van der Waals surface area contributed by atoms with Gasteiger partial charge in [0.15, 0.2) is 0 Å². The second kappa shape index (κ2) is 6.71. The third kappa shape index (κ3) is 4.23. The van der Waals surface area contributed by atoms with Gasteiger partial charge in [-0.1, -0.05) is 38.8 Å². The summed E-state index contributed by atoms with van der Waals surface area (Å²) in [4.78, 5) is 0.